The molecule has 17 heteroatoms. The zero-order valence-corrected chi connectivity index (χ0v) is 24.7. The largest absolute Gasteiger partial charge is 0.491 e. The number of nitrogens with one attached hydrogen (secondary N) is 1. The molecule has 0 spiro atoms. The van der Waals surface area contributed by atoms with Crippen molar-refractivity contribution in [3.05, 3.63) is 59.9 Å². The lowest BCUT2D eigenvalue weighted by Crippen LogP contribution is -2.44. The lowest BCUT2D eigenvalue weighted by molar-refractivity contribution is -0.195. The molecule has 0 aliphatic heterocycles. The number of thiazole rings is 1. The number of nitrogens with two attached hydrogens (primary N) is 1. The molecule has 2 heterocycles. The van der Waals surface area contributed by atoms with Gasteiger partial charge in [-0.25, -0.2) is 18.9 Å². The van der Waals surface area contributed by atoms with E-state index in [0.29, 0.717) is 27.3 Å². The number of nitrogens with zero attached hydrogens (tertiary/aromatic N) is 4. The number of carbonyl (C=O) groups excluding carboxylic acids is 2. The van der Waals surface area contributed by atoms with Crippen molar-refractivity contribution in [1.82, 2.24) is 25.3 Å². The molecule has 0 fully saturated rings. The van der Waals surface area contributed by atoms with Crippen LogP contribution >= 0.6 is 35.1 Å². The molecule has 0 aliphatic rings. The third-order valence-electron chi connectivity index (χ3n) is 5.38. The number of hydrogen-bond acceptors (Lipinski definition) is 14. The van der Waals surface area contributed by atoms with E-state index >= 15 is 0 Å². The maximum Gasteiger partial charge on any atom is 0.329 e. The van der Waals surface area contributed by atoms with Crippen LogP contribution in [0.15, 0.2) is 53.0 Å². The number of rotatable bonds is 17. The number of hydrogen-bond donors (Lipinski definition) is 2. The lowest BCUT2D eigenvalue weighted by Gasteiger charge is -2.16. The van der Waals surface area contributed by atoms with Gasteiger partial charge in [0.2, 0.25) is 5.91 Å². The highest BCUT2D eigenvalue weighted by Gasteiger charge is 2.22. The number of thioether (sulfide) groups is 1. The van der Waals surface area contributed by atoms with Gasteiger partial charge in [-0.15, -0.1) is 25.8 Å². The molecule has 4 rings (SSSR count). The number of ether oxygens (including phenoxy) is 3. The molecule has 4 aromatic rings. The summed E-state index contributed by atoms with van der Waals surface area (Å²) in [6.45, 7) is -0.612. The van der Waals surface area contributed by atoms with Crippen LogP contribution in [0, 0.1) is 0 Å². The summed E-state index contributed by atoms with van der Waals surface area (Å²) < 4.78 is 35.8. The Morgan fingerprint density at radius 2 is 2.05 bits per heavy atom. The molecule has 0 radical (unpaired) electrons. The summed E-state index contributed by atoms with van der Waals surface area (Å²) in [5.74, 6) is 5.86. The van der Waals surface area contributed by atoms with Gasteiger partial charge in [-0.2, -0.15) is 17.7 Å². The van der Waals surface area contributed by atoms with E-state index in [4.69, 9.17) is 20.1 Å². The van der Waals surface area contributed by atoms with E-state index < -0.39 is 24.6 Å². The molecule has 2 aromatic carbocycles. The van der Waals surface area contributed by atoms with E-state index in [-0.39, 0.29) is 25.5 Å². The number of esters is 1. The van der Waals surface area contributed by atoms with Crippen molar-refractivity contribution < 1.29 is 37.5 Å². The van der Waals surface area contributed by atoms with Crippen LogP contribution in [-0.4, -0.2) is 64.0 Å². The van der Waals surface area contributed by atoms with Gasteiger partial charge in [0.25, 0.3) is 0 Å². The van der Waals surface area contributed by atoms with E-state index in [2.05, 4.69) is 29.9 Å². The highest BCUT2D eigenvalue weighted by atomic mass is 32.2. The van der Waals surface area contributed by atoms with Crippen molar-refractivity contribution in [2.75, 3.05) is 26.1 Å². The quantitative estimate of drug-likeness (QED) is 0.0751. The molecule has 0 bridgehead atoms. The Bertz CT molecular complexity index is 1470. The number of carbonyl (C=O) groups is 2. The van der Waals surface area contributed by atoms with Crippen LogP contribution in [0.5, 0.6) is 11.5 Å². The SMILES string of the molecule is COC(=O)[C@@H](CSCc1cccc(OCCF)c1)NC(=O)Cn1cc(COc2ccc3nc(SOON)sc3c2)nn1. The van der Waals surface area contributed by atoms with Crippen molar-refractivity contribution in [3.8, 4) is 11.5 Å². The fourth-order valence-corrected chi connectivity index (χ4v) is 6.01. The first-order valence-electron chi connectivity index (χ1n) is 12.3. The van der Waals surface area contributed by atoms with Crippen molar-refractivity contribution >= 4 is 57.2 Å². The minimum Gasteiger partial charge on any atom is -0.491 e. The highest BCUT2D eigenvalue weighted by molar-refractivity contribution is 7.98. The van der Waals surface area contributed by atoms with Gasteiger partial charge < -0.3 is 19.5 Å². The maximum atomic E-state index is 12.7. The van der Waals surface area contributed by atoms with Crippen LogP contribution in [0.3, 0.4) is 0 Å². The summed E-state index contributed by atoms with van der Waals surface area (Å²) in [7, 11) is 1.26. The Balaban J connectivity index is 1.25. The molecule has 1 amide bonds. The maximum absolute atomic E-state index is 12.7. The summed E-state index contributed by atoms with van der Waals surface area (Å²) in [5, 5.41) is 10.7. The zero-order chi connectivity index (χ0) is 29.7. The number of aromatic nitrogens is 4. The van der Waals surface area contributed by atoms with Crippen molar-refractivity contribution in [2.45, 2.75) is 29.3 Å². The number of amides is 1. The van der Waals surface area contributed by atoms with E-state index in [0.717, 1.165) is 27.8 Å². The smallest absolute Gasteiger partial charge is 0.329 e. The molecular weight excluding hydrogens is 612 g/mol. The number of halogens is 1. The highest BCUT2D eigenvalue weighted by Crippen LogP contribution is 2.32. The van der Waals surface area contributed by atoms with Gasteiger partial charge in [0, 0.05) is 11.5 Å². The summed E-state index contributed by atoms with van der Waals surface area (Å²) in [6, 6.07) is 11.8. The Morgan fingerprint density at radius 3 is 2.86 bits per heavy atom. The summed E-state index contributed by atoms with van der Waals surface area (Å²) in [5.41, 5.74) is 2.21. The third-order valence-corrected chi connectivity index (χ3v) is 8.14. The first kappa shape index (κ1) is 31.5. The van der Waals surface area contributed by atoms with Crippen LogP contribution in [0.2, 0.25) is 0 Å². The van der Waals surface area contributed by atoms with Crippen LogP contribution in [0.1, 0.15) is 11.3 Å². The van der Waals surface area contributed by atoms with Gasteiger partial charge >= 0.3 is 5.97 Å². The Kier molecular flexibility index (Phi) is 12.2. The minimum absolute atomic E-state index is 0.0133. The molecule has 0 saturated heterocycles. The topological polar surface area (TPSA) is 162 Å². The predicted octanol–water partition coefficient (Wildman–Crippen LogP) is 3.24. The molecule has 42 heavy (non-hydrogen) atoms. The van der Waals surface area contributed by atoms with E-state index in [1.807, 2.05) is 30.3 Å². The summed E-state index contributed by atoms with van der Waals surface area (Å²) >= 11 is 3.72. The second-order valence-electron chi connectivity index (χ2n) is 8.40. The zero-order valence-electron chi connectivity index (χ0n) is 22.3. The minimum atomic E-state index is -0.861. The van der Waals surface area contributed by atoms with E-state index in [1.165, 1.54) is 34.9 Å². The molecular formula is C25H27FN6O7S3. The average molecular weight is 639 g/mol. The Labute approximate surface area is 252 Å². The fraction of sp³-hybridized carbons (Fsp3) is 0.320. The molecule has 2 aromatic heterocycles. The summed E-state index contributed by atoms with van der Waals surface area (Å²) in [6.07, 6.45) is 1.59. The van der Waals surface area contributed by atoms with Gasteiger partial charge in [0.05, 0.1) is 23.5 Å². The first-order chi connectivity index (χ1) is 20.5. The van der Waals surface area contributed by atoms with Gasteiger partial charge in [-0.1, -0.05) is 17.3 Å². The summed E-state index contributed by atoms with van der Waals surface area (Å²) in [4.78, 5) is 33.4. The molecule has 1 atom stereocenters. The molecule has 0 aliphatic carbocycles. The fourth-order valence-electron chi connectivity index (χ4n) is 3.57. The standard InChI is InChI=1S/C25H27FN6O7S3/c1-35-24(34)21(15-40-14-16-3-2-4-18(9-16)36-8-7-26)28-23(33)12-32-11-17(30-31-32)13-37-19-5-6-20-22(10-19)41-25(29-20)42-39-38-27/h2-6,9-11,21H,7-8,12-15,27H2,1H3,(H,28,33)/t21-/m1/s1. The van der Waals surface area contributed by atoms with Gasteiger partial charge in [0.15, 0.2) is 4.34 Å². The third kappa shape index (κ3) is 9.53. The van der Waals surface area contributed by atoms with Crippen molar-refractivity contribution in [1.29, 1.82) is 0 Å². The number of fused-ring (bicyclic) bond motifs is 1. The first-order valence-corrected chi connectivity index (χ1v) is 15.0. The lowest BCUT2D eigenvalue weighted by atomic mass is 10.2. The average Bonchev–Trinajstić information content (AvgIpc) is 3.63. The monoisotopic (exact) mass is 638 g/mol. The van der Waals surface area contributed by atoms with Crippen LogP contribution in [0.4, 0.5) is 4.39 Å². The molecule has 0 unspecified atom stereocenters. The second-order valence-corrected chi connectivity index (χ2v) is 11.4. The second kappa shape index (κ2) is 16.2. The predicted molar refractivity (Wildman–Crippen MR) is 154 cm³/mol. The van der Waals surface area contributed by atoms with E-state index in [1.54, 1.807) is 18.3 Å². The van der Waals surface area contributed by atoms with Gasteiger partial charge in [-0.3, -0.25) is 4.79 Å². The van der Waals surface area contributed by atoms with Gasteiger partial charge in [-0.05, 0) is 35.9 Å². The number of alkyl halides is 1. The number of methoxy groups -OCH3 is 1. The number of benzene rings is 2. The normalized spacial score (nSPS) is 11.8. The van der Waals surface area contributed by atoms with Crippen molar-refractivity contribution in [3.63, 3.8) is 0 Å². The molecule has 3 N–H and O–H groups in total. The van der Waals surface area contributed by atoms with E-state index in [9.17, 15) is 14.0 Å². The van der Waals surface area contributed by atoms with Crippen LogP contribution in [0.25, 0.3) is 10.2 Å². The molecule has 13 nitrogen and oxygen atoms in total. The Morgan fingerprint density at radius 1 is 1.19 bits per heavy atom. The Hall–Kier alpha value is -3.48. The van der Waals surface area contributed by atoms with Crippen LogP contribution < -0.4 is 20.7 Å². The molecule has 224 valence electrons. The van der Waals surface area contributed by atoms with Crippen LogP contribution in [-0.2, 0) is 42.6 Å². The van der Waals surface area contributed by atoms with Crippen molar-refractivity contribution in [2.24, 2.45) is 5.90 Å². The van der Waals surface area contributed by atoms with Gasteiger partial charge in [0.1, 0.15) is 61.7 Å². The molecule has 0 saturated carbocycles.